The van der Waals surface area contributed by atoms with Gasteiger partial charge in [-0.1, -0.05) is 12.1 Å². The van der Waals surface area contributed by atoms with Crippen LogP contribution in [0.5, 0.6) is 17.2 Å². The van der Waals surface area contributed by atoms with Gasteiger partial charge >= 0.3 is 0 Å². The molecule has 0 atom stereocenters. The van der Waals surface area contributed by atoms with Crippen LogP contribution in [-0.2, 0) is 17.8 Å². The summed E-state index contributed by atoms with van der Waals surface area (Å²) < 4.78 is 16.3. The number of nitrogens with zero attached hydrogens (tertiary/aromatic N) is 2. The maximum Gasteiger partial charge on any atom is 0.231 e. The number of amides is 1. The molecular formula is C26H32N2O4S. The van der Waals surface area contributed by atoms with Crippen molar-refractivity contribution < 1.29 is 19.0 Å². The van der Waals surface area contributed by atoms with E-state index in [4.69, 9.17) is 14.2 Å². The molecular weight excluding hydrogens is 436 g/mol. The lowest BCUT2D eigenvalue weighted by Gasteiger charge is -2.32. The molecule has 3 heterocycles. The van der Waals surface area contributed by atoms with E-state index in [-0.39, 0.29) is 5.91 Å². The maximum absolute atomic E-state index is 13.0. The monoisotopic (exact) mass is 468 g/mol. The fourth-order valence-corrected chi connectivity index (χ4v) is 5.97. The van der Waals surface area contributed by atoms with Crippen molar-refractivity contribution in [3.63, 3.8) is 0 Å². The predicted molar refractivity (Wildman–Crippen MR) is 129 cm³/mol. The minimum Gasteiger partial charge on any atom is -0.497 e. The van der Waals surface area contributed by atoms with Crippen LogP contribution >= 0.6 is 11.8 Å². The molecule has 0 radical (unpaired) electrons. The molecule has 5 rings (SSSR count). The Hall–Kier alpha value is -2.38. The van der Waals surface area contributed by atoms with Crippen LogP contribution in [0.2, 0.25) is 0 Å². The topological polar surface area (TPSA) is 51.2 Å². The third kappa shape index (κ3) is 5.41. The van der Waals surface area contributed by atoms with Crippen LogP contribution in [-0.4, -0.2) is 61.5 Å². The molecule has 0 aliphatic carbocycles. The second kappa shape index (κ2) is 10.3. The summed E-state index contributed by atoms with van der Waals surface area (Å²) in [6.07, 6.45) is 4.04. The number of thioether (sulfide) groups is 1. The van der Waals surface area contributed by atoms with Crippen molar-refractivity contribution in [1.82, 2.24) is 9.80 Å². The van der Waals surface area contributed by atoms with Gasteiger partial charge in [0.15, 0.2) is 11.5 Å². The lowest BCUT2D eigenvalue weighted by molar-refractivity contribution is -0.132. The maximum atomic E-state index is 13.0. The highest BCUT2D eigenvalue weighted by Crippen LogP contribution is 2.34. The Morgan fingerprint density at radius 1 is 1.09 bits per heavy atom. The summed E-state index contributed by atoms with van der Waals surface area (Å²) in [5, 5.41) is 0. The molecule has 6 nitrogen and oxygen atoms in total. The number of carbonyl (C=O) groups excluding carboxylic acids is 1. The van der Waals surface area contributed by atoms with Gasteiger partial charge in [0.2, 0.25) is 12.7 Å². The molecule has 0 spiro atoms. The molecule has 1 saturated heterocycles. The first-order chi connectivity index (χ1) is 16.2. The molecule has 0 unspecified atom stereocenters. The highest BCUT2D eigenvalue weighted by atomic mass is 32.2. The first-order valence-electron chi connectivity index (χ1n) is 11.9. The van der Waals surface area contributed by atoms with Gasteiger partial charge in [-0.25, -0.2) is 0 Å². The Bertz CT molecular complexity index is 990. The van der Waals surface area contributed by atoms with Crippen molar-refractivity contribution in [3.8, 4) is 17.2 Å². The molecule has 0 bridgehead atoms. The Morgan fingerprint density at radius 3 is 2.79 bits per heavy atom. The molecule has 2 aromatic carbocycles. The highest BCUT2D eigenvalue weighted by molar-refractivity contribution is 7.99. The number of rotatable bonds is 6. The summed E-state index contributed by atoms with van der Waals surface area (Å²) in [7, 11) is 1.69. The van der Waals surface area contributed by atoms with Crippen LogP contribution in [0.25, 0.3) is 0 Å². The minimum absolute atomic E-state index is 0.266. The lowest BCUT2D eigenvalue weighted by atomic mass is 9.90. The number of fused-ring (bicyclic) bond motifs is 2. The Morgan fingerprint density at radius 2 is 1.94 bits per heavy atom. The third-order valence-electron chi connectivity index (χ3n) is 6.92. The Labute approximate surface area is 200 Å². The quantitative estimate of drug-likeness (QED) is 0.633. The fourth-order valence-electron chi connectivity index (χ4n) is 4.92. The number of piperidine rings is 1. The summed E-state index contributed by atoms with van der Waals surface area (Å²) in [6, 6.07) is 12.5. The first kappa shape index (κ1) is 22.4. The van der Waals surface area contributed by atoms with E-state index in [2.05, 4.69) is 29.2 Å². The van der Waals surface area contributed by atoms with E-state index in [1.165, 1.54) is 28.9 Å². The zero-order chi connectivity index (χ0) is 22.6. The molecule has 2 aromatic rings. The first-order valence-corrected chi connectivity index (χ1v) is 12.8. The van der Waals surface area contributed by atoms with Crippen LogP contribution in [0, 0.1) is 5.92 Å². The third-order valence-corrected chi connectivity index (χ3v) is 8.00. The van der Waals surface area contributed by atoms with Crippen molar-refractivity contribution in [3.05, 3.63) is 47.5 Å². The summed E-state index contributed by atoms with van der Waals surface area (Å²) in [6.45, 7) is 4.82. The molecule has 3 aliphatic heterocycles. The van der Waals surface area contributed by atoms with Crippen LogP contribution in [0.4, 0.5) is 0 Å². The van der Waals surface area contributed by atoms with Gasteiger partial charge in [-0.05, 0) is 73.7 Å². The smallest absolute Gasteiger partial charge is 0.231 e. The summed E-state index contributed by atoms with van der Waals surface area (Å²) in [5.41, 5.74) is 2.54. The van der Waals surface area contributed by atoms with Crippen LogP contribution < -0.4 is 14.2 Å². The van der Waals surface area contributed by atoms with Crippen molar-refractivity contribution in [1.29, 1.82) is 0 Å². The van der Waals surface area contributed by atoms with E-state index in [0.717, 1.165) is 55.6 Å². The van der Waals surface area contributed by atoms with Gasteiger partial charge in [-0.3, -0.25) is 4.79 Å². The molecule has 33 heavy (non-hydrogen) atoms. The normalized spacial score (nSPS) is 18.6. The molecule has 176 valence electrons. The van der Waals surface area contributed by atoms with Gasteiger partial charge in [0.1, 0.15) is 5.75 Å². The number of likely N-dealkylation sites (tertiary alicyclic amines) is 1. The van der Waals surface area contributed by atoms with Gasteiger partial charge in [-0.15, -0.1) is 11.8 Å². The average molecular weight is 469 g/mol. The van der Waals surface area contributed by atoms with Gasteiger partial charge in [0.05, 0.1) is 7.11 Å². The van der Waals surface area contributed by atoms with Crippen LogP contribution in [0.3, 0.4) is 0 Å². The molecule has 7 heteroatoms. The fraction of sp³-hybridized carbons (Fsp3) is 0.500. The van der Waals surface area contributed by atoms with E-state index in [1.54, 1.807) is 7.11 Å². The Balaban J connectivity index is 1.07. The minimum atomic E-state index is 0.266. The molecule has 0 saturated carbocycles. The summed E-state index contributed by atoms with van der Waals surface area (Å²) in [5.74, 6) is 4.48. The van der Waals surface area contributed by atoms with Crippen LogP contribution in [0.15, 0.2) is 41.3 Å². The SMILES string of the molecule is COc1ccc2c(c1)SCCN(C(=O)CCN1CCC(Cc3ccc4c(c3)OCO4)CC1)C2. The molecule has 0 aromatic heterocycles. The molecule has 1 fully saturated rings. The number of benzene rings is 2. The van der Waals surface area contributed by atoms with Crippen molar-refractivity contribution in [2.24, 2.45) is 5.92 Å². The van der Waals surface area contributed by atoms with Crippen molar-refractivity contribution >= 4 is 17.7 Å². The summed E-state index contributed by atoms with van der Waals surface area (Å²) >= 11 is 1.81. The van der Waals surface area contributed by atoms with Crippen molar-refractivity contribution in [2.45, 2.75) is 37.1 Å². The molecule has 0 N–H and O–H groups in total. The zero-order valence-corrected chi connectivity index (χ0v) is 20.1. The highest BCUT2D eigenvalue weighted by Gasteiger charge is 2.24. The standard InChI is InChI=1S/C26H32N2O4S/c1-30-22-4-3-21-17-28(12-13-33-25(21)16-22)26(29)8-11-27-9-6-19(7-10-27)14-20-2-5-23-24(15-20)32-18-31-23/h2-5,15-16,19H,6-14,17-18H2,1H3. The number of hydrogen-bond donors (Lipinski definition) is 0. The second-order valence-electron chi connectivity index (χ2n) is 9.06. The number of hydrogen-bond acceptors (Lipinski definition) is 6. The zero-order valence-electron chi connectivity index (χ0n) is 19.3. The molecule has 1 amide bonds. The van der Waals surface area contributed by atoms with Crippen molar-refractivity contribution in [2.75, 3.05) is 45.8 Å². The van der Waals surface area contributed by atoms with E-state index in [1.807, 2.05) is 28.8 Å². The largest absolute Gasteiger partial charge is 0.497 e. The lowest BCUT2D eigenvalue weighted by Crippen LogP contribution is -2.38. The predicted octanol–water partition coefficient (Wildman–Crippen LogP) is 4.20. The summed E-state index contributed by atoms with van der Waals surface area (Å²) in [4.78, 5) is 18.7. The Kier molecular flexibility index (Phi) is 6.97. The number of carbonyl (C=O) groups is 1. The van der Waals surface area contributed by atoms with Gasteiger partial charge in [0, 0.05) is 36.7 Å². The van der Waals surface area contributed by atoms with E-state index in [0.29, 0.717) is 25.7 Å². The van der Waals surface area contributed by atoms with Gasteiger partial charge in [0.25, 0.3) is 0 Å². The average Bonchev–Trinajstić information content (AvgIpc) is 3.20. The second-order valence-corrected chi connectivity index (χ2v) is 10.2. The van der Waals surface area contributed by atoms with Crippen LogP contribution in [0.1, 0.15) is 30.4 Å². The van der Waals surface area contributed by atoms with Gasteiger partial charge < -0.3 is 24.0 Å². The number of ether oxygens (including phenoxy) is 3. The number of methoxy groups -OCH3 is 1. The van der Waals surface area contributed by atoms with E-state index >= 15 is 0 Å². The van der Waals surface area contributed by atoms with Gasteiger partial charge in [-0.2, -0.15) is 0 Å². The molecule has 3 aliphatic rings. The van der Waals surface area contributed by atoms with E-state index < -0.39 is 0 Å². The van der Waals surface area contributed by atoms with E-state index in [9.17, 15) is 4.79 Å².